The standard InChI is InChI=1S/C32H34ClN5O4/c33-25-3-1-22(2-4-25)18-36-32(40)28-21-38-20-26(7-10-35-17-23-5-8-34-9-6-23)42-29-16-24(15-27(30(29)38)31(28)39)19-37-11-13-41-14-12-37/h1-6,8-9,15-16,21,26,35H,7,10-14,17-20H2,(H,36,40). The average Bonchev–Trinajstić information content (AvgIpc) is 3.01. The number of nitrogens with zero attached hydrogens (tertiary/aromatic N) is 3. The van der Waals surface area contributed by atoms with Gasteiger partial charge < -0.3 is 24.7 Å². The Balaban J connectivity index is 1.25. The maximum atomic E-state index is 13.7. The maximum absolute atomic E-state index is 13.7. The van der Waals surface area contributed by atoms with Gasteiger partial charge in [-0.25, -0.2) is 0 Å². The van der Waals surface area contributed by atoms with Crippen LogP contribution in [0, 0.1) is 0 Å². The molecule has 6 rings (SSSR count). The van der Waals surface area contributed by atoms with E-state index in [2.05, 4.69) is 20.5 Å². The second-order valence-electron chi connectivity index (χ2n) is 10.8. The van der Waals surface area contributed by atoms with Crippen LogP contribution in [0.1, 0.15) is 33.5 Å². The number of carbonyl (C=O) groups is 1. The summed E-state index contributed by atoms with van der Waals surface area (Å²) in [5.41, 5.74) is 3.63. The summed E-state index contributed by atoms with van der Waals surface area (Å²) < 4.78 is 14.0. The highest BCUT2D eigenvalue weighted by Gasteiger charge is 2.26. The minimum atomic E-state index is -0.400. The van der Waals surface area contributed by atoms with Gasteiger partial charge >= 0.3 is 0 Å². The van der Waals surface area contributed by atoms with Crippen LogP contribution in [-0.4, -0.2) is 59.3 Å². The molecule has 0 saturated carbocycles. The van der Waals surface area contributed by atoms with Gasteiger partial charge in [0, 0.05) is 56.3 Å². The molecule has 9 nitrogen and oxygen atoms in total. The van der Waals surface area contributed by atoms with Crippen LogP contribution >= 0.6 is 11.6 Å². The predicted molar refractivity (Wildman–Crippen MR) is 162 cm³/mol. The summed E-state index contributed by atoms with van der Waals surface area (Å²) in [5.74, 6) is 0.286. The zero-order chi connectivity index (χ0) is 28.9. The van der Waals surface area contributed by atoms with Gasteiger partial charge in [0.05, 0.1) is 30.7 Å². The minimum Gasteiger partial charge on any atom is -0.486 e. The molecule has 0 aliphatic carbocycles. The Morgan fingerprint density at radius 3 is 2.55 bits per heavy atom. The van der Waals surface area contributed by atoms with Crippen LogP contribution in [0.25, 0.3) is 10.9 Å². The third-order valence-corrected chi connectivity index (χ3v) is 7.98. The first kappa shape index (κ1) is 28.4. The lowest BCUT2D eigenvalue weighted by Gasteiger charge is -2.30. The lowest BCUT2D eigenvalue weighted by Crippen LogP contribution is -2.36. The van der Waals surface area contributed by atoms with Crippen molar-refractivity contribution in [2.75, 3.05) is 32.8 Å². The summed E-state index contributed by atoms with van der Waals surface area (Å²) >= 11 is 6.00. The first-order chi connectivity index (χ1) is 20.5. The highest BCUT2D eigenvalue weighted by Crippen LogP contribution is 2.32. The van der Waals surface area contributed by atoms with E-state index in [4.69, 9.17) is 21.1 Å². The highest BCUT2D eigenvalue weighted by atomic mass is 35.5. The molecule has 4 aromatic rings. The molecular weight excluding hydrogens is 554 g/mol. The molecule has 1 amide bonds. The molecule has 1 fully saturated rings. The Hall–Kier alpha value is -3.76. The van der Waals surface area contributed by atoms with Gasteiger partial charge in [0.2, 0.25) is 5.43 Å². The van der Waals surface area contributed by atoms with E-state index in [9.17, 15) is 9.59 Å². The number of ether oxygens (including phenoxy) is 2. The molecule has 2 aliphatic heterocycles. The number of rotatable bonds is 10. The van der Waals surface area contributed by atoms with Crippen LogP contribution in [0.2, 0.25) is 5.02 Å². The van der Waals surface area contributed by atoms with Crippen molar-refractivity contribution in [3.8, 4) is 5.75 Å². The predicted octanol–water partition coefficient (Wildman–Crippen LogP) is 3.75. The van der Waals surface area contributed by atoms with Gasteiger partial charge in [0.1, 0.15) is 17.4 Å². The van der Waals surface area contributed by atoms with Crippen molar-refractivity contribution in [3.05, 3.63) is 105 Å². The van der Waals surface area contributed by atoms with Crippen molar-refractivity contribution in [2.24, 2.45) is 0 Å². The Labute approximate surface area is 249 Å². The first-order valence-corrected chi connectivity index (χ1v) is 14.7. The number of hydrogen-bond donors (Lipinski definition) is 2. The summed E-state index contributed by atoms with van der Waals surface area (Å²) in [7, 11) is 0. The molecule has 2 aliphatic rings. The van der Waals surface area contributed by atoms with Crippen LogP contribution in [0.3, 0.4) is 0 Å². The van der Waals surface area contributed by atoms with Crippen LogP contribution in [0.15, 0.2) is 71.9 Å². The SMILES string of the molecule is O=C(NCc1ccc(Cl)cc1)c1cn2c3c(cc(CN4CCOCC4)cc3c1=O)OC(CCNCc1ccncc1)C2. The van der Waals surface area contributed by atoms with Gasteiger partial charge in [-0.2, -0.15) is 0 Å². The van der Waals surface area contributed by atoms with Crippen molar-refractivity contribution in [3.63, 3.8) is 0 Å². The maximum Gasteiger partial charge on any atom is 0.257 e. The largest absolute Gasteiger partial charge is 0.486 e. The molecule has 1 saturated heterocycles. The van der Waals surface area contributed by atoms with Crippen LogP contribution in [0.5, 0.6) is 5.75 Å². The Bertz CT molecular complexity index is 1600. The first-order valence-electron chi connectivity index (χ1n) is 14.3. The molecule has 2 aromatic heterocycles. The molecule has 10 heteroatoms. The van der Waals surface area contributed by atoms with Gasteiger partial charge in [-0.15, -0.1) is 0 Å². The summed E-state index contributed by atoms with van der Waals surface area (Å²) in [6.45, 7) is 6.07. The van der Waals surface area contributed by atoms with Crippen LogP contribution < -0.4 is 20.8 Å². The Kier molecular flexibility index (Phi) is 8.81. The number of hydrogen-bond acceptors (Lipinski definition) is 7. The lowest BCUT2D eigenvalue weighted by molar-refractivity contribution is 0.0341. The van der Waals surface area contributed by atoms with E-state index in [1.54, 1.807) is 30.7 Å². The van der Waals surface area contributed by atoms with Crippen LogP contribution in [0.4, 0.5) is 0 Å². The van der Waals surface area contributed by atoms with E-state index in [0.29, 0.717) is 49.0 Å². The summed E-state index contributed by atoms with van der Waals surface area (Å²) in [6.07, 6.45) is 5.92. The molecule has 0 spiro atoms. The minimum absolute atomic E-state index is 0.114. The lowest BCUT2D eigenvalue weighted by atomic mass is 10.0. The van der Waals surface area contributed by atoms with E-state index >= 15 is 0 Å². The van der Waals surface area contributed by atoms with E-state index in [0.717, 1.165) is 49.2 Å². The van der Waals surface area contributed by atoms with Crippen molar-refractivity contribution in [1.82, 2.24) is 25.1 Å². The summed E-state index contributed by atoms with van der Waals surface area (Å²) in [5, 5.41) is 7.52. The van der Waals surface area contributed by atoms with E-state index in [1.165, 1.54) is 5.56 Å². The number of carbonyl (C=O) groups excluding carboxylic acids is 1. The fourth-order valence-corrected chi connectivity index (χ4v) is 5.65. The highest BCUT2D eigenvalue weighted by molar-refractivity contribution is 6.30. The molecule has 2 aromatic carbocycles. The fourth-order valence-electron chi connectivity index (χ4n) is 5.53. The van der Waals surface area contributed by atoms with Gasteiger partial charge in [-0.3, -0.25) is 19.5 Å². The average molecular weight is 588 g/mol. The third-order valence-electron chi connectivity index (χ3n) is 7.73. The van der Waals surface area contributed by atoms with Gasteiger partial charge in [0.25, 0.3) is 5.91 Å². The third kappa shape index (κ3) is 6.65. The molecule has 218 valence electrons. The van der Waals surface area contributed by atoms with Crippen molar-refractivity contribution >= 4 is 28.4 Å². The number of pyridine rings is 2. The van der Waals surface area contributed by atoms with Gasteiger partial charge in [-0.05, 0) is 66.1 Å². The molecule has 42 heavy (non-hydrogen) atoms. The van der Waals surface area contributed by atoms with E-state index < -0.39 is 5.91 Å². The van der Waals surface area contributed by atoms with Crippen molar-refractivity contribution < 1.29 is 14.3 Å². The molecule has 1 unspecified atom stereocenters. The number of nitrogens with one attached hydrogen (secondary N) is 2. The smallest absolute Gasteiger partial charge is 0.257 e. The van der Waals surface area contributed by atoms with Crippen LogP contribution in [-0.2, 0) is 30.9 Å². The van der Waals surface area contributed by atoms with Gasteiger partial charge in [0.15, 0.2) is 0 Å². The Morgan fingerprint density at radius 1 is 1.00 bits per heavy atom. The second kappa shape index (κ2) is 13.0. The monoisotopic (exact) mass is 587 g/mol. The van der Waals surface area contributed by atoms with Crippen molar-refractivity contribution in [2.45, 2.75) is 38.7 Å². The zero-order valence-corrected chi connectivity index (χ0v) is 24.1. The number of aromatic nitrogens is 2. The van der Waals surface area contributed by atoms with Crippen molar-refractivity contribution in [1.29, 1.82) is 0 Å². The molecule has 4 heterocycles. The Morgan fingerprint density at radius 2 is 1.76 bits per heavy atom. The quantitative estimate of drug-likeness (QED) is 0.273. The zero-order valence-electron chi connectivity index (χ0n) is 23.4. The summed E-state index contributed by atoms with van der Waals surface area (Å²) in [6, 6.07) is 15.2. The molecule has 1 atom stereocenters. The topological polar surface area (TPSA) is 97.7 Å². The molecular formula is C32H34ClN5O4. The molecule has 0 bridgehead atoms. The number of morpholine rings is 1. The molecule has 2 N–H and O–H groups in total. The van der Waals surface area contributed by atoms with E-state index in [1.807, 2.05) is 41.0 Å². The van der Waals surface area contributed by atoms with E-state index in [-0.39, 0.29) is 17.1 Å². The number of amides is 1. The van der Waals surface area contributed by atoms with Gasteiger partial charge in [-0.1, -0.05) is 23.7 Å². The second-order valence-corrected chi connectivity index (χ2v) is 11.2. The molecule has 0 radical (unpaired) electrons. The summed E-state index contributed by atoms with van der Waals surface area (Å²) in [4.78, 5) is 33.5. The number of benzene rings is 2. The normalized spacial score (nSPS) is 16.7. The number of halogens is 1. The fraction of sp³-hybridized carbons (Fsp3) is 0.344.